The number of hydrogen-bond donors (Lipinski definition) is 0. The molecule has 0 amide bonds. The largest absolute Gasteiger partial charge is 0.490 e. The van der Waals surface area contributed by atoms with Crippen LogP contribution in [-0.2, 0) is 38.0 Å². The van der Waals surface area contributed by atoms with Crippen LogP contribution in [-0.4, -0.2) is 90.4 Å². The zero-order chi connectivity index (χ0) is 29.5. The number of rotatable bonds is 23. The number of esters is 2. The van der Waals surface area contributed by atoms with Crippen molar-refractivity contribution < 1.29 is 47.5 Å². The maximum absolute atomic E-state index is 12.7. The number of para-hydroxylation sites is 1. The molecule has 10 heteroatoms. The summed E-state index contributed by atoms with van der Waals surface area (Å²) >= 11 is 0. The minimum absolute atomic E-state index is 0.0880. The average molecular weight is 573 g/mol. The van der Waals surface area contributed by atoms with Gasteiger partial charge in [0.1, 0.15) is 25.6 Å². The fourth-order valence-electron chi connectivity index (χ4n) is 3.30. The first-order chi connectivity index (χ1) is 20.0. The number of ketones is 1. The second kappa shape index (κ2) is 21.2. The lowest BCUT2D eigenvalue weighted by Gasteiger charge is -2.11. The van der Waals surface area contributed by atoms with E-state index >= 15 is 0 Å². The lowest BCUT2D eigenvalue weighted by Crippen LogP contribution is -2.15. The molecule has 0 spiro atoms. The van der Waals surface area contributed by atoms with E-state index in [0.717, 1.165) is 0 Å². The van der Waals surface area contributed by atoms with Gasteiger partial charge in [0.2, 0.25) is 0 Å². The van der Waals surface area contributed by atoms with E-state index in [-0.39, 0.29) is 44.6 Å². The van der Waals surface area contributed by atoms with Gasteiger partial charge in [-0.1, -0.05) is 49.0 Å². The summed E-state index contributed by atoms with van der Waals surface area (Å²) in [5, 5.41) is 0. The Bertz CT molecular complexity index is 1050. The van der Waals surface area contributed by atoms with Crippen LogP contribution < -0.4 is 4.74 Å². The molecular formula is C31H40O10. The molecule has 0 aliphatic rings. The van der Waals surface area contributed by atoms with E-state index in [1.807, 2.05) is 30.3 Å². The van der Waals surface area contributed by atoms with Crippen molar-refractivity contribution >= 4 is 17.7 Å². The quantitative estimate of drug-likeness (QED) is 0.0843. The maximum atomic E-state index is 12.7. The van der Waals surface area contributed by atoms with E-state index in [1.54, 1.807) is 31.2 Å². The van der Waals surface area contributed by atoms with Crippen molar-refractivity contribution in [2.75, 3.05) is 72.7 Å². The molecule has 0 bridgehead atoms. The Labute approximate surface area is 241 Å². The summed E-state index contributed by atoms with van der Waals surface area (Å²) in [6.07, 6.45) is 0.745. The van der Waals surface area contributed by atoms with Crippen molar-refractivity contribution in [3.63, 3.8) is 0 Å². The highest BCUT2D eigenvalue weighted by atomic mass is 16.6. The monoisotopic (exact) mass is 572 g/mol. The lowest BCUT2D eigenvalue weighted by atomic mass is 10.0. The van der Waals surface area contributed by atoms with E-state index in [0.29, 0.717) is 75.1 Å². The minimum atomic E-state index is -0.449. The summed E-state index contributed by atoms with van der Waals surface area (Å²) in [6.45, 7) is 8.51. The summed E-state index contributed by atoms with van der Waals surface area (Å²) in [4.78, 5) is 35.6. The van der Waals surface area contributed by atoms with E-state index in [4.69, 9.17) is 33.2 Å². The van der Waals surface area contributed by atoms with E-state index in [1.165, 1.54) is 0 Å². The fraction of sp³-hybridized carbons (Fsp3) is 0.452. The van der Waals surface area contributed by atoms with Crippen LogP contribution in [0.25, 0.3) is 0 Å². The summed E-state index contributed by atoms with van der Waals surface area (Å²) in [5.74, 6) is -0.339. The molecule has 41 heavy (non-hydrogen) atoms. The van der Waals surface area contributed by atoms with Crippen LogP contribution in [0.1, 0.15) is 35.7 Å². The van der Waals surface area contributed by atoms with Crippen molar-refractivity contribution in [2.45, 2.75) is 19.8 Å². The van der Waals surface area contributed by atoms with Gasteiger partial charge in [-0.3, -0.25) is 9.59 Å². The van der Waals surface area contributed by atoms with Crippen LogP contribution >= 0.6 is 0 Å². The summed E-state index contributed by atoms with van der Waals surface area (Å²) in [6, 6.07) is 16.2. The van der Waals surface area contributed by atoms with Crippen LogP contribution in [0.5, 0.6) is 5.75 Å². The van der Waals surface area contributed by atoms with E-state index in [2.05, 4.69) is 6.58 Å². The summed E-state index contributed by atoms with van der Waals surface area (Å²) in [7, 11) is 0. The zero-order valence-corrected chi connectivity index (χ0v) is 23.7. The first kappa shape index (κ1) is 33.6. The molecule has 2 aromatic rings. The molecule has 0 aliphatic carbocycles. The molecule has 0 saturated heterocycles. The van der Waals surface area contributed by atoms with Crippen LogP contribution in [0.15, 0.2) is 66.7 Å². The Balaban J connectivity index is 1.38. The SMILES string of the molecule is C=C(C)C(=O)OCCOCCCC(=O)OCCOCCOCCOCCOc1ccccc1C(=O)c1ccccc1. The molecule has 0 aliphatic heterocycles. The van der Waals surface area contributed by atoms with Gasteiger partial charge in [0.15, 0.2) is 5.78 Å². The van der Waals surface area contributed by atoms with Gasteiger partial charge in [0.25, 0.3) is 0 Å². The highest BCUT2D eigenvalue weighted by molar-refractivity contribution is 6.10. The van der Waals surface area contributed by atoms with Gasteiger partial charge >= 0.3 is 11.9 Å². The lowest BCUT2D eigenvalue weighted by molar-refractivity contribution is -0.145. The third-order valence-corrected chi connectivity index (χ3v) is 5.37. The number of carbonyl (C=O) groups excluding carboxylic acids is 3. The first-order valence-electron chi connectivity index (χ1n) is 13.6. The summed E-state index contributed by atoms with van der Waals surface area (Å²) in [5.41, 5.74) is 1.46. The van der Waals surface area contributed by atoms with Gasteiger partial charge in [0.05, 0.1) is 51.8 Å². The van der Waals surface area contributed by atoms with Crippen molar-refractivity contribution in [3.8, 4) is 5.75 Å². The van der Waals surface area contributed by atoms with Crippen LogP contribution in [0.3, 0.4) is 0 Å². The third kappa shape index (κ3) is 15.1. The first-order valence-corrected chi connectivity index (χ1v) is 13.6. The molecule has 0 radical (unpaired) electrons. The topological polar surface area (TPSA) is 116 Å². The van der Waals surface area contributed by atoms with Gasteiger partial charge < -0.3 is 33.2 Å². The molecular weight excluding hydrogens is 532 g/mol. The predicted molar refractivity (Wildman–Crippen MR) is 151 cm³/mol. The standard InChI is InChI=1S/C31H40O10/c1-25(2)31(34)41-24-21-35-14-8-13-29(32)40-23-20-38-18-16-36-15-17-37-19-22-39-28-12-7-6-11-27(28)30(33)26-9-4-3-5-10-26/h3-7,9-12H,1,8,13-24H2,2H3. The van der Waals surface area contributed by atoms with Gasteiger partial charge in [-0.05, 0) is 25.5 Å². The molecule has 0 fully saturated rings. The highest BCUT2D eigenvalue weighted by Gasteiger charge is 2.14. The van der Waals surface area contributed by atoms with Crippen molar-refractivity contribution in [1.29, 1.82) is 0 Å². The van der Waals surface area contributed by atoms with Crippen LogP contribution in [0.4, 0.5) is 0 Å². The molecule has 224 valence electrons. The van der Waals surface area contributed by atoms with E-state index < -0.39 is 5.97 Å². The predicted octanol–water partition coefficient (Wildman–Crippen LogP) is 3.81. The van der Waals surface area contributed by atoms with Gasteiger partial charge in [-0.15, -0.1) is 0 Å². The van der Waals surface area contributed by atoms with Crippen LogP contribution in [0, 0.1) is 0 Å². The number of hydrogen-bond acceptors (Lipinski definition) is 10. The highest BCUT2D eigenvalue weighted by Crippen LogP contribution is 2.21. The van der Waals surface area contributed by atoms with Crippen molar-refractivity contribution in [2.24, 2.45) is 0 Å². The van der Waals surface area contributed by atoms with Crippen molar-refractivity contribution in [3.05, 3.63) is 77.9 Å². The molecule has 0 heterocycles. The Morgan fingerprint density at radius 2 is 1.17 bits per heavy atom. The fourth-order valence-corrected chi connectivity index (χ4v) is 3.30. The number of ether oxygens (including phenoxy) is 7. The summed E-state index contributed by atoms with van der Waals surface area (Å²) < 4.78 is 37.4. The average Bonchev–Trinajstić information content (AvgIpc) is 2.99. The molecule has 0 aromatic heterocycles. The second-order valence-electron chi connectivity index (χ2n) is 8.73. The second-order valence-corrected chi connectivity index (χ2v) is 8.73. The molecule has 0 saturated carbocycles. The molecule has 0 N–H and O–H groups in total. The number of carbonyl (C=O) groups is 3. The number of benzene rings is 2. The van der Waals surface area contributed by atoms with Crippen LogP contribution in [0.2, 0.25) is 0 Å². The molecule has 0 unspecified atom stereocenters. The Morgan fingerprint density at radius 3 is 1.83 bits per heavy atom. The van der Waals surface area contributed by atoms with Gasteiger partial charge in [0, 0.05) is 24.2 Å². The third-order valence-electron chi connectivity index (χ3n) is 5.37. The molecule has 0 atom stereocenters. The Morgan fingerprint density at radius 1 is 0.634 bits per heavy atom. The Kier molecular flexibility index (Phi) is 17.4. The normalized spacial score (nSPS) is 10.7. The van der Waals surface area contributed by atoms with Gasteiger partial charge in [-0.25, -0.2) is 4.79 Å². The smallest absolute Gasteiger partial charge is 0.333 e. The van der Waals surface area contributed by atoms with Crippen molar-refractivity contribution in [1.82, 2.24) is 0 Å². The minimum Gasteiger partial charge on any atom is -0.490 e. The van der Waals surface area contributed by atoms with E-state index in [9.17, 15) is 14.4 Å². The zero-order valence-electron chi connectivity index (χ0n) is 23.7. The maximum Gasteiger partial charge on any atom is 0.333 e. The molecule has 10 nitrogen and oxygen atoms in total. The molecule has 2 rings (SSSR count). The van der Waals surface area contributed by atoms with Gasteiger partial charge in [-0.2, -0.15) is 0 Å². The Hall–Kier alpha value is -3.57. The molecule has 2 aromatic carbocycles.